The fourth-order valence-corrected chi connectivity index (χ4v) is 3.24. The van der Waals surface area contributed by atoms with Crippen molar-refractivity contribution in [2.75, 3.05) is 6.61 Å². The zero-order valence-electron chi connectivity index (χ0n) is 14.5. The summed E-state index contributed by atoms with van der Waals surface area (Å²) in [7, 11) is 0. The van der Waals surface area contributed by atoms with E-state index in [0.29, 0.717) is 11.3 Å². The van der Waals surface area contributed by atoms with Crippen LogP contribution in [0.3, 0.4) is 0 Å². The van der Waals surface area contributed by atoms with Crippen LogP contribution in [0.1, 0.15) is 72.6 Å². The normalized spacial score (nSPS) is 15.6. The highest BCUT2D eigenvalue weighted by molar-refractivity contribution is 6.21. The number of hydrogen-bond acceptors (Lipinski definition) is 3. The van der Waals surface area contributed by atoms with Crippen LogP contribution in [0, 0.1) is 0 Å². The van der Waals surface area contributed by atoms with E-state index in [1.54, 1.807) is 12.1 Å². The minimum atomic E-state index is -3.52. The van der Waals surface area contributed by atoms with E-state index >= 15 is 0 Å². The molecule has 1 aromatic carbocycles. The number of halogens is 2. The number of rotatable bonds is 10. The third-order valence-corrected chi connectivity index (χ3v) is 4.67. The second kappa shape index (κ2) is 8.52. The standard InChI is InChI=1S/C19H25F2NO3/c1-2-3-4-5-6-7-12-16(19(20,21)13-23)22-17(24)14-10-8-9-11-15(14)18(22)25/h8-11,16,23H,2-7,12-13H2,1H3/t16-/m1/s1. The Morgan fingerprint density at radius 1 is 1.00 bits per heavy atom. The first-order chi connectivity index (χ1) is 11.9. The van der Waals surface area contributed by atoms with Gasteiger partial charge in [-0.05, 0) is 18.6 Å². The third-order valence-electron chi connectivity index (χ3n) is 4.67. The van der Waals surface area contributed by atoms with Crippen LogP contribution in [0.4, 0.5) is 8.78 Å². The molecule has 0 unspecified atom stereocenters. The van der Waals surface area contributed by atoms with Gasteiger partial charge in [-0.3, -0.25) is 14.5 Å². The molecule has 2 rings (SSSR count). The van der Waals surface area contributed by atoms with Crippen molar-refractivity contribution in [2.45, 2.75) is 63.8 Å². The van der Waals surface area contributed by atoms with Gasteiger partial charge in [0.15, 0.2) is 0 Å². The number of amides is 2. The van der Waals surface area contributed by atoms with Crippen molar-refractivity contribution >= 4 is 11.8 Å². The Hall–Kier alpha value is -1.82. The van der Waals surface area contributed by atoms with Gasteiger partial charge in [0, 0.05) is 0 Å². The van der Waals surface area contributed by atoms with E-state index in [4.69, 9.17) is 5.11 Å². The van der Waals surface area contributed by atoms with Crippen LogP contribution >= 0.6 is 0 Å². The molecule has 4 nitrogen and oxygen atoms in total. The van der Waals surface area contributed by atoms with Gasteiger partial charge in [-0.2, -0.15) is 0 Å². The minimum Gasteiger partial charge on any atom is -0.390 e. The van der Waals surface area contributed by atoms with Gasteiger partial charge >= 0.3 is 0 Å². The molecule has 1 aliphatic rings. The summed E-state index contributed by atoms with van der Waals surface area (Å²) in [6.45, 7) is 0.709. The number of imide groups is 1. The highest BCUT2D eigenvalue weighted by Crippen LogP contribution is 2.33. The number of alkyl halides is 2. The summed E-state index contributed by atoms with van der Waals surface area (Å²) in [6.07, 6.45) is 5.43. The van der Waals surface area contributed by atoms with Crippen LogP contribution in [-0.2, 0) is 0 Å². The second-order valence-corrected chi connectivity index (χ2v) is 6.52. The lowest BCUT2D eigenvalue weighted by Gasteiger charge is -2.32. The maximum atomic E-state index is 14.3. The van der Waals surface area contributed by atoms with Crippen molar-refractivity contribution in [3.8, 4) is 0 Å². The molecule has 1 heterocycles. The average Bonchev–Trinajstić information content (AvgIpc) is 2.86. The van der Waals surface area contributed by atoms with Crippen LogP contribution in [0.25, 0.3) is 0 Å². The van der Waals surface area contributed by atoms with Gasteiger partial charge in [0.1, 0.15) is 12.6 Å². The average molecular weight is 353 g/mol. The molecule has 138 valence electrons. The molecule has 25 heavy (non-hydrogen) atoms. The number of carbonyl (C=O) groups excluding carboxylic acids is 2. The van der Waals surface area contributed by atoms with Crippen molar-refractivity contribution in [1.29, 1.82) is 0 Å². The molecule has 0 saturated heterocycles. The fraction of sp³-hybridized carbons (Fsp3) is 0.579. The summed E-state index contributed by atoms with van der Waals surface area (Å²) in [5.41, 5.74) is 0.295. The summed E-state index contributed by atoms with van der Waals surface area (Å²) in [5.74, 6) is -4.93. The van der Waals surface area contributed by atoms with Gasteiger partial charge in [0.2, 0.25) is 0 Å². The SMILES string of the molecule is CCCCCCCC[C@@H](N1C(=O)c2ccccc2C1=O)C(F)(F)CO. The maximum absolute atomic E-state index is 14.3. The van der Waals surface area contributed by atoms with Crippen molar-refractivity contribution in [3.63, 3.8) is 0 Å². The highest BCUT2D eigenvalue weighted by atomic mass is 19.3. The number of benzene rings is 1. The van der Waals surface area contributed by atoms with E-state index in [1.165, 1.54) is 12.1 Å². The van der Waals surface area contributed by atoms with Crippen molar-refractivity contribution < 1.29 is 23.5 Å². The molecular weight excluding hydrogens is 328 g/mol. The Kier molecular flexibility index (Phi) is 6.64. The predicted molar refractivity (Wildman–Crippen MR) is 90.8 cm³/mol. The Morgan fingerprint density at radius 2 is 1.52 bits per heavy atom. The number of carbonyl (C=O) groups is 2. The molecular formula is C19H25F2NO3. The molecule has 2 amide bonds. The van der Waals surface area contributed by atoms with E-state index in [0.717, 1.165) is 32.1 Å². The van der Waals surface area contributed by atoms with Crippen LogP contribution < -0.4 is 0 Å². The van der Waals surface area contributed by atoms with Gasteiger partial charge in [0.25, 0.3) is 17.7 Å². The summed E-state index contributed by atoms with van der Waals surface area (Å²) >= 11 is 0. The number of fused-ring (bicyclic) bond motifs is 1. The lowest BCUT2D eigenvalue weighted by molar-refractivity contribution is -0.101. The Bertz CT molecular complexity index is 583. The fourth-order valence-electron chi connectivity index (χ4n) is 3.24. The third kappa shape index (κ3) is 4.24. The van der Waals surface area contributed by atoms with Gasteiger partial charge in [0.05, 0.1) is 11.1 Å². The van der Waals surface area contributed by atoms with Gasteiger partial charge < -0.3 is 5.11 Å². The van der Waals surface area contributed by atoms with E-state index in [2.05, 4.69) is 6.92 Å². The van der Waals surface area contributed by atoms with Crippen LogP contribution in [0.15, 0.2) is 24.3 Å². The number of hydrogen-bond donors (Lipinski definition) is 1. The van der Waals surface area contributed by atoms with E-state index in [9.17, 15) is 18.4 Å². The maximum Gasteiger partial charge on any atom is 0.291 e. The smallest absolute Gasteiger partial charge is 0.291 e. The molecule has 1 aromatic rings. The lowest BCUT2D eigenvalue weighted by Crippen LogP contribution is -2.52. The molecule has 0 radical (unpaired) electrons. The summed E-state index contributed by atoms with van der Waals surface area (Å²) in [5, 5.41) is 9.09. The molecule has 0 fully saturated rings. The van der Waals surface area contributed by atoms with Crippen LogP contribution in [-0.4, -0.2) is 40.4 Å². The minimum absolute atomic E-state index is 0.00878. The Balaban J connectivity index is 2.12. The molecule has 0 saturated carbocycles. The van der Waals surface area contributed by atoms with E-state index in [1.807, 2.05) is 0 Å². The lowest BCUT2D eigenvalue weighted by atomic mass is 10.00. The molecule has 1 atom stereocenters. The number of unbranched alkanes of at least 4 members (excludes halogenated alkanes) is 5. The summed E-state index contributed by atoms with van der Waals surface area (Å²) in [6, 6.07) is 4.51. The Morgan fingerprint density at radius 3 is 2.04 bits per heavy atom. The molecule has 0 aromatic heterocycles. The quantitative estimate of drug-likeness (QED) is 0.510. The molecule has 0 aliphatic carbocycles. The zero-order chi connectivity index (χ0) is 18.4. The van der Waals surface area contributed by atoms with Gasteiger partial charge in [-0.25, -0.2) is 8.78 Å². The molecule has 0 bridgehead atoms. The van der Waals surface area contributed by atoms with Crippen LogP contribution in [0.2, 0.25) is 0 Å². The molecule has 1 N–H and O–H groups in total. The number of nitrogens with zero attached hydrogens (tertiary/aromatic N) is 1. The Labute approximate surface area is 146 Å². The van der Waals surface area contributed by atoms with E-state index < -0.39 is 30.4 Å². The van der Waals surface area contributed by atoms with Crippen molar-refractivity contribution in [2.24, 2.45) is 0 Å². The first kappa shape index (κ1) is 19.5. The van der Waals surface area contributed by atoms with Gasteiger partial charge in [-0.1, -0.05) is 57.6 Å². The van der Waals surface area contributed by atoms with Crippen LogP contribution in [0.5, 0.6) is 0 Å². The van der Waals surface area contributed by atoms with Crippen molar-refractivity contribution in [3.05, 3.63) is 35.4 Å². The summed E-state index contributed by atoms with van der Waals surface area (Å²) in [4.78, 5) is 25.6. The zero-order valence-corrected chi connectivity index (χ0v) is 14.5. The first-order valence-electron chi connectivity index (χ1n) is 8.89. The molecule has 6 heteroatoms. The topological polar surface area (TPSA) is 57.6 Å². The van der Waals surface area contributed by atoms with E-state index in [-0.39, 0.29) is 17.5 Å². The largest absolute Gasteiger partial charge is 0.390 e. The highest BCUT2D eigenvalue weighted by Gasteiger charge is 2.50. The predicted octanol–water partition coefficient (Wildman–Crippen LogP) is 4.03. The second-order valence-electron chi connectivity index (χ2n) is 6.52. The number of aliphatic hydroxyl groups is 1. The summed E-state index contributed by atoms with van der Waals surface area (Å²) < 4.78 is 28.5. The first-order valence-corrected chi connectivity index (χ1v) is 8.89. The van der Waals surface area contributed by atoms with Crippen molar-refractivity contribution in [1.82, 2.24) is 4.90 Å². The molecule has 1 aliphatic heterocycles. The number of aliphatic hydroxyl groups excluding tert-OH is 1. The van der Waals surface area contributed by atoms with Gasteiger partial charge in [-0.15, -0.1) is 0 Å². The monoisotopic (exact) mass is 353 g/mol. The molecule has 0 spiro atoms.